The number of fused-ring (bicyclic) bond motifs is 1. The summed E-state index contributed by atoms with van der Waals surface area (Å²) in [5.74, 6) is -0.0122. The van der Waals surface area contributed by atoms with E-state index in [1.54, 1.807) is 24.3 Å². The lowest BCUT2D eigenvalue weighted by Crippen LogP contribution is -2.51. The summed E-state index contributed by atoms with van der Waals surface area (Å²) < 4.78 is 10.2. The highest BCUT2D eigenvalue weighted by atomic mass is 16.5. The predicted octanol–water partition coefficient (Wildman–Crippen LogP) is 2.15. The van der Waals surface area contributed by atoms with E-state index < -0.39 is 11.9 Å². The molecular weight excluding hydrogens is 360 g/mol. The van der Waals surface area contributed by atoms with Crippen molar-refractivity contribution in [2.75, 3.05) is 26.8 Å². The van der Waals surface area contributed by atoms with Gasteiger partial charge in [-0.1, -0.05) is 18.9 Å². The number of nitrogens with one attached hydrogen (secondary N) is 1. The first-order valence-electron chi connectivity index (χ1n) is 9.96. The van der Waals surface area contributed by atoms with Crippen molar-refractivity contribution in [1.29, 1.82) is 0 Å². The Bertz CT molecular complexity index is 719. The Morgan fingerprint density at radius 3 is 2.75 bits per heavy atom. The zero-order valence-electron chi connectivity index (χ0n) is 16.3. The topological polar surface area (TPSA) is 84.9 Å². The maximum atomic E-state index is 12.5. The number of carbonyl (C=O) groups is 3. The van der Waals surface area contributed by atoms with Crippen molar-refractivity contribution in [1.82, 2.24) is 10.2 Å². The van der Waals surface area contributed by atoms with Crippen LogP contribution in [0.15, 0.2) is 24.3 Å². The average Bonchev–Trinajstić information content (AvgIpc) is 2.75. The third-order valence-corrected chi connectivity index (χ3v) is 5.65. The van der Waals surface area contributed by atoms with Gasteiger partial charge in [-0.3, -0.25) is 14.4 Å². The standard InChI is InChI=1S/C21H28N2O5/c1-27-17-9-4-7-16(12-17)21(26)22-13-20(25)28-14-19(24)23-11-5-8-15-6-2-3-10-18(15)23/h4,7,9,12,15,18H,2-3,5-6,8,10-11,13-14H2,1H3,(H,22,26)/t15-,18-/m1/s1. The summed E-state index contributed by atoms with van der Waals surface area (Å²) in [6.45, 7) is 0.191. The number of likely N-dealkylation sites (tertiary alicyclic amines) is 1. The van der Waals surface area contributed by atoms with Crippen molar-refractivity contribution in [3.63, 3.8) is 0 Å². The Morgan fingerprint density at radius 2 is 1.93 bits per heavy atom. The third kappa shape index (κ3) is 5.03. The van der Waals surface area contributed by atoms with Crippen LogP contribution in [0, 0.1) is 5.92 Å². The SMILES string of the molecule is COc1cccc(C(=O)NCC(=O)OCC(=O)N2CCC[C@H]3CCCC[C@H]32)c1. The lowest BCUT2D eigenvalue weighted by Gasteiger charge is -2.44. The molecule has 0 unspecified atom stereocenters. The fraction of sp³-hybridized carbons (Fsp3) is 0.571. The third-order valence-electron chi connectivity index (χ3n) is 5.65. The van der Waals surface area contributed by atoms with Gasteiger partial charge in [-0.25, -0.2) is 0 Å². The second-order valence-corrected chi connectivity index (χ2v) is 7.42. The zero-order valence-corrected chi connectivity index (χ0v) is 16.3. The molecule has 3 rings (SSSR count). The molecule has 1 saturated carbocycles. The van der Waals surface area contributed by atoms with E-state index in [0.717, 1.165) is 25.8 Å². The number of benzene rings is 1. The maximum Gasteiger partial charge on any atom is 0.325 e. The Labute approximate surface area is 165 Å². The van der Waals surface area contributed by atoms with Gasteiger partial charge in [0.2, 0.25) is 0 Å². The van der Waals surface area contributed by atoms with Gasteiger partial charge in [-0.2, -0.15) is 0 Å². The van der Waals surface area contributed by atoms with E-state index in [2.05, 4.69) is 5.32 Å². The first-order chi connectivity index (χ1) is 13.6. The van der Waals surface area contributed by atoms with E-state index in [9.17, 15) is 14.4 Å². The Hall–Kier alpha value is -2.57. The molecule has 152 valence electrons. The van der Waals surface area contributed by atoms with Crippen LogP contribution in [0.3, 0.4) is 0 Å². The van der Waals surface area contributed by atoms with Gasteiger partial charge >= 0.3 is 5.97 Å². The van der Waals surface area contributed by atoms with E-state index in [1.165, 1.54) is 26.4 Å². The van der Waals surface area contributed by atoms with Crippen molar-refractivity contribution in [2.45, 2.75) is 44.6 Å². The molecule has 7 heteroatoms. The van der Waals surface area contributed by atoms with Crippen LogP contribution in [0.5, 0.6) is 5.75 Å². The van der Waals surface area contributed by atoms with Gasteiger partial charge in [-0.05, 0) is 49.8 Å². The predicted molar refractivity (Wildman–Crippen MR) is 103 cm³/mol. The van der Waals surface area contributed by atoms with Gasteiger partial charge in [0.05, 0.1) is 7.11 Å². The van der Waals surface area contributed by atoms with Crippen LogP contribution in [0.4, 0.5) is 0 Å². The van der Waals surface area contributed by atoms with Gasteiger partial charge in [-0.15, -0.1) is 0 Å². The quantitative estimate of drug-likeness (QED) is 0.755. The monoisotopic (exact) mass is 388 g/mol. The summed E-state index contributed by atoms with van der Waals surface area (Å²) >= 11 is 0. The number of hydrogen-bond donors (Lipinski definition) is 1. The fourth-order valence-corrected chi connectivity index (χ4v) is 4.23. The molecule has 0 radical (unpaired) electrons. The van der Waals surface area contributed by atoms with Crippen molar-refractivity contribution in [3.05, 3.63) is 29.8 Å². The molecule has 0 bridgehead atoms. The highest BCUT2D eigenvalue weighted by Crippen LogP contribution is 2.35. The number of esters is 1. The van der Waals surface area contributed by atoms with Crippen LogP contribution < -0.4 is 10.1 Å². The van der Waals surface area contributed by atoms with Crippen molar-refractivity contribution >= 4 is 17.8 Å². The number of carbonyl (C=O) groups excluding carboxylic acids is 3. The summed E-state index contributed by atoms with van der Waals surface area (Å²) in [6, 6.07) is 6.93. The minimum atomic E-state index is -0.623. The second-order valence-electron chi connectivity index (χ2n) is 7.42. The number of rotatable bonds is 6. The Morgan fingerprint density at radius 1 is 1.14 bits per heavy atom. The van der Waals surface area contributed by atoms with Crippen LogP contribution in [0.1, 0.15) is 48.9 Å². The molecule has 1 N–H and O–H groups in total. The van der Waals surface area contributed by atoms with Crippen molar-refractivity contribution in [3.8, 4) is 5.75 Å². The lowest BCUT2D eigenvalue weighted by atomic mass is 9.78. The molecule has 0 aromatic heterocycles. The molecule has 2 aliphatic rings. The van der Waals surface area contributed by atoms with E-state index in [-0.39, 0.29) is 19.1 Å². The fourth-order valence-electron chi connectivity index (χ4n) is 4.23. The van der Waals surface area contributed by atoms with Crippen molar-refractivity contribution < 1.29 is 23.9 Å². The molecule has 0 spiro atoms. The van der Waals surface area contributed by atoms with Gasteiger partial charge in [0, 0.05) is 18.2 Å². The number of methoxy groups -OCH3 is 1. The average molecular weight is 388 g/mol. The van der Waals surface area contributed by atoms with Gasteiger partial charge in [0.25, 0.3) is 11.8 Å². The molecular formula is C21H28N2O5. The molecule has 1 aromatic rings. The van der Waals surface area contributed by atoms with Crippen LogP contribution in [0.25, 0.3) is 0 Å². The van der Waals surface area contributed by atoms with Crippen LogP contribution in [-0.2, 0) is 14.3 Å². The maximum absolute atomic E-state index is 12.5. The second kappa shape index (κ2) is 9.57. The summed E-state index contributed by atoms with van der Waals surface area (Å²) in [5, 5.41) is 2.50. The van der Waals surface area contributed by atoms with Gasteiger partial charge in [0.1, 0.15) is 12.3 Å². The number of piperidine rings is 1. The van der Waals surface area contributed by atoms with Gasteiger partial charge < -0.3 is 19.7 Å². The van der Waals surface area contributed by atoms with Crippen LogP contribution in [-0.4, -0.2) is 55.5 Å². The first kappa shape index (κ1) is 20.2. The summed E-state index contributed by atoms with van der Waals surface area (Å²) in [6.07, 6.45) is 6.82. The summed E-state index contributed by atoms with van der Waals surface area (Å²) in [5.41, 5.74) is 0.389. The zero-order chi connectivity index (χ0) is 19.9. The highest BCUT2D eigenvalue weighted by Gasteiger charge is 2.35. The largest absolute Gasteiger partial charge is 0.497 e. The molecule has 1 aliphatic carbocycles. The number of ether oxygens (including phenoxy) is 2. The Balaban J connectivity index is 1.43. The minimum absolute atomic E-state index is 0.135. The van der Waals surface area contributed by atoms with E-state index in [4.69, 9.17) is 9.47 Å². The molecule has 1 aromatic carbocycles. The normalized spacial score (nSPS) is 21.4. The lowest BCUT2D eigenvalue weighted by molar-refractivity contribution is -0.154. The van der Waals surface area contributed by atoms with Gasteiger partial charge in [0.15, 0.2) is 6.61 Å². The Kier molecular flexibility index (Phi) is 6.90. The number of amides is 2. The number of hydrogen-bond acceptors (Lipinski definition) is 5. The minimum Gasteiger partial charge on any atom is -0.497 e. The molecule has 1 aliphatic heterocycles. The van der Waals surface area contributed by atoms with Crippen LogP contribution in [0.2, 0.25) is 0 Å². The van der Waals surface area contributed by atoms with Crippen molar-refractivity contribution in [2.24, 2.45) is 5.92 Å². The summed E-state index contributed by atoms with van der Waals surface area (Å²) in [4.78, 5) is 38.5. The summed E-state index contributed by atoms with van der Waals surface area (Å²) in [7, 11) is 1.52. The van der Waals surface area contributed by atoms with Crippen LogP contribution >= 0.6 is 0 Å². The first-order valence-corrected chi connectivity index (χ1v) is 9.96. The molecule has 1 heterocycles. The van der Waals surface area contributed by atoms with E-state index in [0.29, 0.717) is 23.3 Å². The molecule has 7 nitrogen and oxygen atoms in total. The van der Waals surface area contributed by atoms with E-state index >= 15 is 0 Å². The molecule has 2 amide bonds. The number of nitrogens with zero attached hydrogens (tertiary/aromatic N) is 1. The molecule has 2 atom stereocenters. The highest BCUT2D eigenvalue weighted by molar-refractivity contribution is 5.96. The molecule has 2 fully saturated rings. The van der Waals surface area contributed by atoms with E-state index in [1.807, 2.05) is 4.90 Å². The molecule has 1 saturated heterocycles. The molecule has 28 heavy (non-hydrogen) atoms. The smallest absolute Gasteiger partial charge is 0.325 e.